The molecular formula is C19H18N4O3S. The summed E-state index contributed by atoms with van der Waals surface area (Å²) in [7, 11) is 2.99. The zero-order chi connectivity index (χ0) is 19.3. The number of methoxy groups -OCH3 is 2. The maximum Gasteiger partial charge on any atom is 0.228 e. The Kier molecular flexibility index (Phi) is 5.52. The Morgan fingerprint density at radius 2 is 2.00 bits per heavy atom. The smallest absolute Gasteiger partial charge is 0.228 e. The second kappa shape index (κ2) is 8.01. The normalized spacial score (nSPS) is 17.7. The number of carbonyl (C=O) groups excluding carboxylic acids is 1. The zero-order valence-electron chi connectivity index (χ0n) is 14.9. The van der Waals surface area contributed by atoms with Crippen LogP contribution in [0.3, 0.4) is 0 Å². The summed E-state index contributed by atoms with van der Waals surface area (Å²) in [6.07, 6.45) is 5.36. The van der Waals surface area contributed by atoms with Gasteiger partial charge in [-0.05, 0) is 23.1 Å². The molecule has 2 N–H and O–H groups in total. The number of carbonyl (C=O) groups is 1. The van der Waals surface area contributed by atoms with Crippen molar-refractivity contribution >= 4 is 23.4 Å². The standard InChI is InChI=1S/C19H18N4O3S/c1-25-16-9-13(12-20)15(10-17(16)26-2)23-18(24)11-19(22-7-8-27-19)14-3-5-21-6-4-14/h3-10,22H,11H2,1-2H3,(H,23,24). The lowest BCUT2D eigenvalue weighted by Crippen LogP contribution is -2.37. The van der Waals surface area contributed by atoms with Gasteiger partial charge in [0.1, 0.15) is 10.9 Å². The van der Waals surface area contributed by atoms with Crippen LogP contribution in [0.2, 0.25) is 0 Å². The topological polar surface area (TPSA) is 96.3 Å². The first-order chi connectivity index (χ1) is 13.1. The molecule has 1 atom stereocenters. The van der Waals surface area contributed by atoms with E-state index in [1.807, 2.05) is 23.7 Å². The second-order valence-electron chi connectivity index (χ2n) is 5.72. The summed E-state index contributed by atoms with van der Waals surface area (Å²) in [4.78, 5) is 16.2. The van der Waals surface area contributed by atoms with Crippen LogP contribution in [-0.2, 0) is 9.67 Å². The molecule has 138 valence electrons. The molecule has 1 aromatic heterocycles. The molecule has 0 spiro atoms. The van der Waals surface area contributed by atoms with Gasteiger partial charge in [0, 0.05) is 30.7 Å². The van der Waals surface area contributed by atoms with Crippen molar-refractivity contribution in [3.8, 4) is 17.6 Å². The minimum Gasteiger partial charge on any atom is -0.493 e. The van der Waals surface area contributed by atoms with Gasteiger partial charge in [-0.2, -0.15) is 5.26 Å². The number of nitrogens with one attached hydrogen (secondary N) is 2. The molecule has 0 saturated carbocycles. The number of hydrogen-bond donors (Lipinski definition) is 2. The van der Waals surface area contributed by atoms with Crippen LogP contribution in [0, 0.1) is 11.3 Å². The van der Waals surface area contributed by atoms with Crippen LogP contribution in [0.4, 0.5) is 5.69 Å². The number of pyridine rings is 1. The van der Waals surface area contributed by atoms with Crippen LogP contribution >= 0.6 is 11.8 Å². The van der Waals surface area contributed by atoms with E-state index in [2.05, 4.69) is 21.7 Å². The average Bonchev–Trinajstić information content (AvgIpc) is 3.17. The lowest BCUT2D eigenvalue weighted by atomic mass is 10.0. The third kappa shape index (κ3) is 3.83. The third-order valence-corrected chi connectivity index (χ3v) is 5.30. The first-order valence-corrected chi connectivity index (χ1v) is 8.97. The van der Waals surface area contributed by atoms with E-state index in [-0.39, 0.29) is 12.3 Å². The summed E-state index contributed by atoms with van der Waals surface area (Å²) < 4.78 is 10.5. The van der Waals surface area contributed by atoms with E-state index in [4.69, 9.17) is 9.47 Å². The maximum absolute atomic E-state index is 12.8. The van der Waals surface area contributed by atoms with Crippen LogP contribution in [0.15, 0.2) is 48.3 Å². The van der Waals surface area contributed by atoms with Crippen LogP contribution in [0.1, 0.15) is 17.5 Å². The number of hydrogen-bond acceptors (Lipinski definition) is 7. The van der Waals surface area contributed by atoms with Crippen molar-refractivity contribution in [1.29, 1.82) is 5.26 Å². The molecular weight excluding hydrogens is 364 g/mol. The van der Waals surface area contributed by atoms with Crippen LogP contribution in [-0.4, -0.2) is 25.1 Å². The number of anilines is 1. The van der Waals surface area contributed by atoms with Crippen molar-refractivity contribution in [2.24, 2.45) is 0 Å². The molecule has 0 fully saturated rings. The number of nitriles is 1. The van der Waals surface area contributed by atoms with Crippen molar-refractivity contribution in [3.63, 3.8) is 0 Å². The second-order valence-corrected chi connectivity index (χ2v) is 6.92. The van der Waals surface area contributed by atoms with E-state index in [1.54, 1.807) is 18.5 Å². The minimum atomic E-state index is -0.615. The van der Waals surface area contributed by atoms with E-state index in [9.17, 15) is 10.1 Å². The number of rotatable bonds is 6. The van der Waals surface area contributed by atoms with Gasteiger partial charge in [0.2, 0.25) is 5.91 Å². The molecule has 1 aliphatic heterocycles. The quantitative estimate of drug-likeness (QED) is 0.793. The lowest BCUT2D eigenvalue weighted by Gasteiger charge is -2.29. The number of ether oxygens (including phenoxy) is 2. The third-order valence-electron chi connectivity index (χ3n) is 4.13. The molecule has 1 amide bonds. The Bertz CT molecular complexity index is 901. The fourth-order valence-electron chi connectivity index (χ4n) is 2.82. The average molecular weight is 382 g/mol. The first-order valence-electron chi connectivity index (χ1n) is 8.09. The highest BCUT2D eigenvalue weighted by Gasteiger charge is 2.36. The Labute approximate surface area is 161 Å². The van der Waals surface area contributed by atoms with E-state index < -0.39 is 4.87 Å². The van der Waals surface area contributed by atoms with E-state index >= 15 is 0 Å². The molecule has 7 nitrogen and oxygen atoms in total. The first kappa shape index (κ1) is 18.6. The van der Waals surface area contributed by atoms with Crippen molar-refractivity contribution in [2.75, 3.05) is 19.5 Å². The highest BCUT2D eigenvalue weighted by atomic mass is 32.2. The van der Waals surface area contributed by atoms with Gasteiger partial charge in [-0.25, -0.2) is 0 Å². The van der Waals surface area contributed by atoms with Crippen LogP contribution in [0.5, 0.6) is 11.5 Å². The van der Waals surface area contributed by atoms with Crippen molar-refractivity contribution < 1.29 is 14.3 Å². The van der Waals surface area contributed by atoms with Crippen molar-refractivity contribution in [1.82, 2.24) is 10.3 Å². The highest BCUT2D eigenvalue weighted by Crippen LogP contribution is 2.41. The monoisotopic (exact) mass is 382 g/mol. The molecule has 0 bridgehead atoms. The van der Waals surface area contributed by atoms with Gasteiger partial charge in [-0.15, -0.1) is 0 Å². The van der Waals surface area contributed by atoms with E-state index in [0.29, 0.717) is 22.7 Å². The predicted octanol–water partition coefficient (Wildman–Crippen LogP) is 2.96. The summed E-state index contributed by atoms with van der Waals surface area (Å²) >= 11 is 1.52. The van der Waals surface area contributed by atoms with E-state index in [0.717, 1.165) is 5.56 Å². The molecule has 3 rings (SSSR count). The number of nitrogens with zero attached hydrogens (tertiary/aromatic N) is 2. The molecule has 0 radical (unpaired) electrons. The number of thioether (sulfide) groups is 1. The summed E-state index contributed by atoms with van der Waals surface area (Å²) in [6, 6.07) is 8.94. The summed E-state index contributed by atoms with van der Waals surface area (Å²) in [5, 5.41) is 17.4. The fourth-order valence-corrected chi connectivity index (χ4v) is 3.81. The number of amides is 1. The van der Waals surface area contributed by atoms with Gasteiger partial charge in [0.25, 0.3) is 0 Å². The minimum absolute atomic E-state index is 0.161. The van der Waals surface area contributed by atoms with Gasteiger partial charge in [0.05, 0.1) is 31.9 Å². The summed E-state index contributed by atoms with van der Waals surface area (Å²) in [6.45, 7) is 0. The molecule has 1 aromatic carbocycles. The summed E-state index contributed by atoms with van der Waals surface area (Å²) in [5.41, 5.74) is 1.61. The van der Waals surface area contributed by atoms with Crippen LogP contribution in [0.25, 0.3) is 0 Å². The highest BCUT2D eigenvalue weighted by molar-refractivity contribution is 8.03. The van der Waals surface area contributed by atoms with Gasteiger partial charge in [-0.1, -0.05) is 11.8 Å². The molecule has 1 aliphatic rings. The maximum atomic E-state index is 12.8. The predicted molar refractivity (Wildman–Crippen MR) is 103 cm³/mol. The van der Waals surface area contributed by atoms with Crippen LogP contribution < -0.4 is 20.1 Å². The Morgan fingerprint density at radius 3 is 2.59 bits per heavy atom. The van der Waals surface area contributed by atoms with Gasteiger partial charge >= 0.3 is 0 Å². The Balaban J connectivity index is 1.84. The molecule has 27 heavy (non-hydrogen) atoms. The fraction of sp³-hybridized carbons (Fsp3) is 0.211. The van der Waals surface area contributed by atoms with Crippen molar-refractivity contribution in [3.05, 3.63) is 59.4 Å². The van der Waals surface area contributed by atoms with E-state index in [1.165, 1.54) is 32.0 Å². The number of aromatic nitrogens is 1. The molecule has 8 heteroatoms. The molecule has 0 aliphatic carbocycles. The summed E-state index contributed by atoms with van der Waals surface area (Å²) in [5.74, 6) is 0.627. The van der Waals surface area contributed by atoms with Gasteiger partial charge in [0.15, 0.2) is 11.5 Å². The molecule has 2 aromatic rings. The largest absolute Gasteiger partial charge is 0.493 e. The molecule has 2 heterocycles. The van der Waals surface area contributed by atoms with Gasteiger partial charge in [-0.3, -0.25) is 9.78 Å². The zero-order valence-corrected chi connectivity index (χ0v) is 15.7. The molecule has 1 unspecified atom stereocenters. The lowest BCUT2D eigenvalue weighted by molar-refractivity contribution is -0.116. The van der Waals surface area contributed by atoms with Crippen molar-refractivity contribution in [2.45, 2.75) is 11.3 Å². The number of benzene rings is 1. The Morgan fingerprint density at radius 1 is 1.30 bits per heavy atom. The Hall–Kier alpha value is -3.18. The molecule has 0 saturated heterocycles. The van der Waals surface area contributed by atoms with Gasteiger partial charge < -0.3 is 20.1 Å². The SMILES string of the molecule is COc1cc(C#N)c(NC(=O)CC2(c3ccncc3)NC=CS2)cc1OC.